The summed E-state index contributed by atoms with van der Waals surface area (Å²) >= 11 is 0. The minimum Gasteiger partial charge on any atom is -0.509 e. The summed E-state index contributed by atoms with van der Waals surface area (Å²) in [6.07, 6.45) is 1.81. The Labute approximate surface area is 268 Å². The van der Waals surface area contributed by atoms with E-state index < -0.39 is 0 Å². The van der Waals surface area contributed by atoms with Gasteiger partial charge in [0.1, 0.15) is 5.82 Å². The smallest absolute Gasteiger partial charge is 0.135 e. The van der Waals surface area contributed by atoms with Crippen LogP contribution in [-0.4, -0.2) is 19.1 Å². The minimum absolute atomic E-state index is 0. The van der Waals surface area contributed by atoms with Crippen LogP contribution in [0.15, 0.2) is 128 Å². The standard InChI is InChI=1S/C37H22N5O.Pt/c1-5-16-33-28(12-1)29-20-19-27(23-35(29)42(33)36-18-7-8-21-38-36)43-26-11-9-10-25(22-26)40-24-41-34-17-6-3-14-31(34)39-37(41)30-13-2-4-15-32(30)40;/h1-21,24H;/q-3;. The van der Waals surface area contributed by atoms with E-state index in [9.17, 15) is 0 Å². The van der Waals surface area contributed by atoms with Crippen LogP contribution in [0.3, 0.4) is 0 Å². The van der Waals surface area contributed by atoms with Gasteiger partial charge in [0.2, 0.25) is 0 Å². The molecule has 8 aromatic rings. The zero-order valence-corrected chi connectivity index (χ0v) is 25.4. The van der Waals surface area contributed by atoms with E-state index in [4.69, 9.17) is 9.72 Å². The number of hydrogen-bond donors (Lipinski definition) is 0. The Morgan fingerprint density at radius 2 is 1.45 bits per heavy atom. The number of pyridine rings is 1. The molecule has 0 spiro atoms. The van der Waals surface area contributed by atoms with Crippen molar-refractivity contribution in [2.24, 2.45) is 0 Å². The average Bonchev–Trinajstić information content (AvgIpc) is 3.60. The van der Waals surface area contributed by atoms with Gasteiger partial charge in [-0.3, -0.25) is 0 Å². The topological polar surface area (TPSA) is 48.1 Å². The second-order valence-electron chi connectivity index (χ2n) is 10.4. The van der Waals surface area contributed by atoms with Crippen LogP contribution < -0.4 is 9.64 Å². The molecule has 6 nitrogen and oxygen atoms in total. The Morgan fingerprint density at radius 3 is 2.36 bits per heavy atom. The monoisotopic (exact) mass is 747 g/mol. The second-order valence-corrected chi connectivity index (χ2v) is 10.4. The molecular formula is C37H22N5OPt-3. The van der Waals surface area contributed by atoms with Crippen LogP contribution in [-0.2, 0) is 21.1 Å². The Kier molecular flexibility index (Phi) is 6.24. The van der Waals surface area contributed by atoms with Gasteiger partial charge in [0, 0.05) is 61.3 Å². The molecular weight excluding hydrogens is 726 g/mol. The zero-order chi connectivity index (χ0) is 28.3. The van der Waals surface area contributed by atoms with Crippen molar-refractivity contribution in [3.63, 3.8) is 0 Å². The van der Waals surface area contributed by atoms with Gasteiger partial charge in [0.15, 0.2) is 0 Å². The Morgan fingerprint density at radius 1 is 0.659 bits per heavy atom. The van der Waals surface area contributed by atoms with Crippen molar-refractivity contribution in [2.45, 2.75) is 0 Å². The summed E-state index contributed by atoms with van der Waals surface area (Å²) in [5.41, 5.74) is 6.94. The quantitative estimate of drug-likeness (QED) is 0.169. The molecule has 0 atom stereocenters. The van der Waals surface area contributed by atoms with Crippen LogP contribution in [0.2, 0.25) is 0 Å². The van der Waals surface area contributed by atoms with E-state index in [1.807, 2.05) is 85.1 Å². The molecule has 7 heteroatoms. The number of para-hydroxylation sites is 4. The average molecular weight is 748 g/mol. The van der Waals surface area contributed by atoms with E-state index in [2.05, 4.69) is 80.3 Å². The molecule has 0 fully saturated rings. The third kappa shape index (κ3) is 4.10. The van der Waals surface area contributed by atoms with Crippen LogP contribution in [0.5, 0.6) is 11.5 Å². The molecule has 0 saturated heterocycles. The predicted octanol–water partition coefficient (Wildman–Crippen LogP) is 8.70. The number of imidazole rings is 1. The molecule has 3 aromatic heterocycles. The minimum atomic E-state index is 0. The first-order valence-electron chi connectivity index (χ1n) is 14.1. The first kappa shape index (κ1) is 26.3. The number of nitrogens with zero attached hydrogens (tertiary/aromatic N) is 5. The van der Waals surface area contributed by atoms with Gasteiger partial charge in [-0.2, -0.15) is 12.1 Å². The molecule has 1 aliphatic heterocycles. The zero-order valence-electron chi connectivity index (χ0n) is 23.2. The van der Waals surface area contributed by atoms with E-state index in [-0.39, 0.29) is 21.1 Å². The number of aromatic nitrogens is 4. The van der Waals surface area contributed by atoms with Gasteiger partial charge in [0.25, 0.3) is 0 Å². The number of anilines is 2. The fourth-order valence-electron chi connectivity index (χ4n) is 6.01. The fourth-order valence-corrected chi connectivity index (χ4v) is 6.01. The maximum Gasteiger partial charge on any atom is 0.135 e. The SMILES string of the molecule is [Pt].[c-]1c(Oc2[c-]c3c(cc2)c2ccccc2n3-c2ccccn2)cccc1N1[CH-]n2c(nc3ccccc32)-c2ccccc21. The summed E-state index contributed by atoms with van der Waals surface area (Å²) in [4.78, 5) is 11.7. The van der Waals surface area contributed by atoms with Gasteiger partial charge >= 0.3 is 0 Å². The van der Waals surface area contributed by atoms with Gasteiger partial charge in [-0.25, -0.2) is 4.98 Å². The molecule has 214 valence electrons. The summed E-state index contributed by atoms with van der Waals surface area (Å²) in [6, 6.07) is 47.8. The maximum atomic E-state index is 6.41. The molecule has 9 rings (SSSR count). The molecule has 0 saturated carbocycles. The molecule has 0 unspecified atom stereocenters. The van der Waals surface area contributed by atoms with Crippen molar-refractivity contribution < 1.29 is 25.8 Å². The van der Waals surface area contributed by atoms with Gasteiger partial charge < -0.3 is 23.8 Å². The Hall–Kier alpha value is -5.32. The number of hydrogen-bond acceptors (Lipinski definition) is 4. The fraction of sp³-hybridized carbons (Fsp3) is 0. The van der Waals surface area contributed by atoms with Gasteiger partial charge in [-0.15, -0.1) is 35.7 Å². The first-order valence-corrected chi connectivity index (χ1v) is 14.1. The molecule has 5 aromatic carbocycles. The normalized spacial score (nSPS) is 12.0. The summed E-state index contributed by atoms with van der Waals surface area (Å²) in [6.45, 7) is 2.08. The Balaban J connectivity index is 0.00000289. The molecule has 44 heavy (non-hydrogen) atoms. The summed E-state index contributed by atoms with van der Waals surface area (Å²) in [5.74, 6) is 2.96. The van der Waals surface area contributed by atoms with E-state index >= 15 is 0 Å². The molecule has 1 aliphatic rings. The van der Waals surface area contributed by atoms with Crippen molar-refractivity contribution in [2.75, 3.05) is 4.90 Å². The third-order valence-corrected chi connectivity index (χ3v) is 7.90. The van der Waals surface area contributed by atoms with Crippen LogP contribution >= 0.6 is 0 Å². The van der Waals surface area contributed by atoms with E-state index in [1.165, 1.54) is 0 Å². The van der Waals surface area contributed by atoms with Gasteiger partial charge in [0.05, 0.1) is 0 Å². The molecule has 0 bridgehead atoms. The number of benzene rings is 5. The van der Waals surface area contributed by atoms with Crippen molar-refractivity contribution in [3.8, 4) is 28.7 Å². The largest absolute Gasteiger partial charge is 0.509 e. The number of rotatable bonds is 4. The number of fused-ring (bicyclic) bond motifs is 8. The van der Waals surface area contributed by atoms with E-state index in [0.29, 0.717) is 11.5 Å². The van der Waals surface area contributed by atoms with Gasteiger partial charge in [-0.1, -0.05) is 71.9 Å². The van der Waals surface area contributed by atoms with Crippen molar-refractivity contribution in [3.05, 3.63) is 146 Å². The summed E-state index contributed by atoms with van der Waals surface area (Å²) in [5, 5.41) is 2.24. The summed E-state index contributed by atoms with van der Waals surface area (Å²) in [7, 11) is 0. The molecule has 4 heterocycles. The Bertz CT molecular complexity index is 2320. The van der Waals surface area contributed by atoms with E-state index in [1.54, 1.807) is 0 Å². The van der Waals surface area contributed by atoms with Crippen LogP contribution in [0, 0.1) is 18.8 Å². The van der Waals surface area contributed by atoms with Crippen LogP contribution in [0.25, 0.3) is 50.0 Å². The molecule has 0 N–H and O–H groups in total. The van der Waals surface area contributed by atoms with Crippen molar-refractivity contribution in [1.29, 1.82) is 0 Å². The second kappa shape index (κ2) is 10.4. The molecule has 0 radical (unpaired) electrons. The number of ether oxygens (including phenoxy) is 1. The van der Waals surface area contributed by atoms with Crippen molar-refractivity contribution >= 4 is 44.2 Å². The van der Waals surface area contributed by atoms with Crippen molar-refractivity contribution in [1.82, 2.24) is 19.1 Å². The van der Waals surface area contributed by atoms with E-state index in [0.717, 1.165) is 61.4 Å². The third-order valence-electron chi connectivity index (χ3n) is 7.90. The summed E-state index contributed by atoms with van der Waals surface area (Å²) < 4.78 is 10.7. The van der Waals surface area contributed by atoms with Gasteiger partial charge in [-0.05, 0) is 53.5 Å². The maximum absolute atomic E-state index is 6.41. The first-order chi connectivity index (χ1) is 21.3. The molecule has 0 amide bonds. The molecule has 0 aliphatic carbocycles. The van der Waals surface area contributed by atoms with Crippen LogP contribution in [0.4, 0.5) is 11.4 Å². The predicted molar refractivity (Wildman–Crippen MR) is 170 cm³/mol. The van der Waals surface area contributed by atoms with Crippen LogP contribution in [0.1, 0.15) is 0 Å².